The molecule has 2 aliphatic carbocycles. The van der Waals surface area contributed by atoms with Crippen molar-refractivity contribution < 1.29 is 19.4 Å². The van der Waals surface area contributed by atoms with Crippen LogP contribution in [0.4, 0.5) is 0 Å². The maximum Gasteiger partial charge on any atom is 0.333 e. The van der Waals surface area contributed by atoms with Gasteiger partial charge in [0.25, 0.3) is 0 Å². The summed E-state index contributed by atoms with van der Waals surface area (Å²) in [5.74, 6) is -0.0507. The third kappa shape index (κ3) is 3.62. The Hall–Kier alpha value is -1.32. The summed E-state index contributed by atoms with van der Waals surface area (Å²) in [6.45, 7) is 5.26. The second-order valence-electron chi connectivity index (χ2n) is 6.55. The summed E-state index contributed by atoms with van der Waals surface area (Å²) in [7, 11) is 0. The lowest BCUT2D eigenvalue weighted by Gasteiger charge is -2.46. The third-order valence-corrected chi connectivity index (χ3v) is 4.66. The predicted molar refractivity (Wildman–Crippen MR) is 75.2 cm³/mol. The maximum absolute atomic E-state index is 11.9. The quantitative estimate of drug-likeness (QED) is 0.620. The Kier molecular flexibility index (Phi) is 4.51. The van der Waals surface area contributed by atoms with Gasteiger partial charge in [-0.15, -0.1) is 0 Å². The number of carboxylic acids is 1. The second kappa shape index (κ2) is 5.98. The number of hydrogen-bond donors (Lipinski definition) is 1. The molecule has 0 spiro atoms. The molecule has 0 heterocycles. The van der Waals surface area contributed by atoms with Gasteiger partial charge in [0.15, 0.2) is 0 Å². The Labute approximate surface area is 120 Å². The van der Waals surface area contributed by atoms with Crippen LogP contribution in [-0.2, 0) is 14.3 Å². The average molecular weight is 280 g/mol. The molecule has 2 bridgehead atoms. The Bertz CT molecular complexity index is 401. The van der Waals surface area contributed by atoms with E-state index in [-0.39, 0.29) is 12.4 Å². The fourth-order valence-electron chi connectivity index (χ4n) is 3.87. The first kappa shape index (κ1) is 15.1. The molecular formula is C16H24O4. The molecule has 2 saturated carbocycles. The van der Waals surface area contributed by atoms with E-state index in [1.165, 1.54) is 25.7 Å². The number of esters is 1. The van der Waals surface area contributed by atoms with Gasteiger partial charge < -0.3 is 9.84 Å². The molecule has 2 unspecified atom stereocenters. The largest absolute Gasteiger partial charge is 0.481 e. The minimum Gasteiger partial charge on any atom is -0.481 e. The Morgan fingerprint density at radius 3 is 2.40 bits per heavy atom. The second-order valence-corrected chi connectivity index (χ2v) is 6.55. The number of hydrogen-bond acceptors (Lipinski definition) is 3. The monoisotopic (exact) mass is 280 g/mol. The molecule has 112 valence electrons. The summed E-state index contributed by atoms with van der Waals surface area (Å²) >= 11 is 0. The summed E-state index contributed by atoms with van der Waals surface area (Å²) in [6.07, 6.45) is 6.92. The van der Waals surface area contributed by atoms with Gasteiger partial charge in [-0.2, -0.15) is 0 Å². The van der Waals surface area contributed by atoms with Crippen LogP contribution >= 0.6 is 0 Å². The van der Waals surface area contributed by atoms with Gasteiger partial charge in [-0.1, -0.05) is 25.8 Å². The summed E-state index contributed by atoms with van der Waals surface area (Å²) in [5.41, 5.74) is -0.196. The molecule has 2 aliphatic rings. The number of fused-ring (bicyclic) bond motifs is 2. The zero-order valence-corrected chi connectivity index (χ0v) is 12.2. The highest BCUT2D eigenvalue weighted by atomic mass is 16.6. The lowest BCUT2D eigenvalue weighted by Crippen LogP contribution is -2.45. The van der Waals surface area contributed by atoms with E-state index in [1.807, 2.05) is 0 Å². The lowest BCUT2D eigenvalue weighted by atomic mass is 9.65. The van der Waals surface area contributed by atoms with Gasteiger partial charge in [0.05, 0.1) is 0 Å². The summed E-state index contributed by atoms with van der Waals surface area (Å²) in [4.78, 5) is 22.8. The van der Waals surface area contributed by atoms with E-state index >= 15 is 0 Å². The average Bonchev–Trinajstić information content (AvgIpc) is 2.36. The molecule has 0 aromatic carbocycles. The SMILES string of the molecule is C=C(C)C(=O)OC1(CCC(=O)O)CC2CCCC(C2)C1. The molecule has 0 aliphatic heterocycles. The number of carboxylic acid groups (broad SMARTS) is 1. The van der Waals surface area contributed by atoms with Crippen LogP contribution in [0.15, 0.2) is 12.2 Å². The first-order chi connectivity index (χ1) is 9.40. The maximum atomic E-state index is 11.9. The normalized spacial score (nSPS) is 32.5. The van der Waals surface area contributed by atoms with Crippen LogP contribution in [-0.4, -0.2) is 22.6 Å². The van der Waals surface area contributed by atoms with Gasteiger partial charge in [-0.25, -0.2) is 4.79 Å². The van der Waals surface area contributed by atoms with Crippen molar-refractivity contribution in [3.05, 3.63) is 12.2 Å². The van der Waals surface area contributed by atoms with Crippen molar-refractivity contribution in [3.8, 4) is 0 Å². The van der Waals surface area contributed by atoms with Gasteiger partial charge in [0.1, 0.15) is 5.60 Å². The number of aliphatic carboxylic acids is 1. The minimum absolute atomic E-state index is 0.0584. The van der Waals surface area contributed by atoms with Crippen LogP contribution in [0.3, 0.4) is 0 Å². The molecule has 0 aromatic heterocycles. The first-order valence-electron chi connectivity index (χ1n) is 7.51. The van der Waals surface area contributed by atoms with Crippen LogP contribution < -0.4 is 0 Å². The van der Waals surface area contributed by atoms with Crippen molar-refractivity contribution in [1.29, 1.82) is 0 Å². The zero-order valence-electron chi connectivity index (χ0n) is 12.2. The van der Waals surface area contributed by atoms with E-state index in [1.54, 1.807) is 6.92 Å². The molecule has 4 heteroatoms. The third-order valence-electron chi connectivity index (χ3n) is 4.66. The van der Waals surface area contributed by atoms with Crippen molar-refractivity contribution >= 4 is 11.9 Å². The van der Waals surface area contributed by atoms with Gasteiger partial charge in [0.2, 0.25) is 0 Å². The van der Waals surface area contributed by atoms with Crippen molar-refractivity contribution in [2.75, 3.05) is 0 Å². The van der Waals surface area contributed by atoms with Crippen LogP contribution in [0.1, 0.15) is 58.3 Å². The van der Waals surface area contributed by atoms with Gasteiger partial charge in [-0.3, -0.25) is 4.79 Å². The predicted octanol–water partition coefficient (Wildman–Crippen LogP) is 3.31. The summed E-state index contributed by atoms with van der Waals surface area (Å²) < 4.78 is 5.73. The van der Waals surface area contributed by atoms with E-state index in [4.69, 9.17) is 9.84 Å². The first-order valence-corrected chi connectivity index (χ1v) is 7.51. The van der Waals surface area contributed by atoms with Crippen molar-refractivity contribution in [1.82, 2.24) is 0 Å². The fraction of sp³-hybridized carbons (Fsp3) is 0.750. The van der Waals surface area contributed by atoms with Crippen LogP contribution in [0, 0.1) is 11.8 Å². The number of ether oxygens (including phenoxy) is 1. The van der Waals surface area contributed by atoms with Crippen LogP contribution in [0.5, 0.6) is 0 Å². The minimum atomic E-state index is -0.827. The number of rotatable bonds is 5. The molecule has 2 rings (SSSR count). The van der Waals surface area contributed by atoms with Gasteiger partial charge >= 0.3 is 11.9 Å². The van der Waals surface area contributed by atoms with E-state index < -0.39 is 11.6 Å². The molecule has 0 aromatic rings. The summed E-state index contributed by atoms with van der Waals surface area (Å²) in [5, 5.41) is 8.95. The molecule has 4 nitrogen and oxygen atoms in total. The molecule has 20 heavy (non-hydrogen) atoms. The van der Waals surface area contributed by atoms with E-state index in [0.717, 1.165) is 12.8 Å². The molecule has 2 fully saturated rings. The van der Waals surface area contributed by atoms with E-state index in [2.05, 4.69) is 6.58 Å². The highest BCUT2D eigenvalue weighted by Crippen LogP contribution is 2.48. The molecule has 0 amide bonds. The van der Waals surface area contributed by atoms with Crippen LogP contribution in [0.2, 0.25) is 0 Å². The Morgan fingerprint density at radius 2 is 1.90 bits per heavy atom. The standard InChI is InChI=1S/C16H24O4/c1-11(2)15(19)20-16(7-6-14(17)18)9-12-4-3-5-13(8-12)10-16/h12-13H,1,3-10H2,2H3,(H,17,18). The van der Waals surface area contributed by atoms with Crippen molar-refractivity contribution in [2.45, 2.75) is 63.9 Å². The zero-order chi connectivity index (χ0) is 14.8. The molecular weight excluding hydrogens is 256 g/mol. The summed E-state index contributed by atoms with van der Waals surface area (Å²) in [6, 6.07) is 0. The molecule has 1 N–H and O–H groups in total. The fourth-order valence-corrected chi connectivity index (χ4v) is 3.87. The topological polar surface area (TPSA) is 63.6 Å². The molecule has 2 atom stereocenters. The van der Waals surface area contributed by atoms with E-state index in [9.17, 15) is 9.59 Å². The Morgan fingerprint density at radius 1 is 1.30 bits per heavy atom. The van der Waals surface area contributed by atoms with Crippen LogP contribution in [0.25, 0.3) is 0 Å². The van der Waals surface area contributed by atoms with Crippen molar-refractivity contribution in [3.63, 3.8) is 0 Å². The van der Waals surface area contributed by atoms with Crippen molar-refractivity contribution in [2.24, 2.45) is 11.8 Å². The molecule has 0 saturated heterocycles. The smallest absolute Gasteiger partial charge is 0.333 e. The van der Waals surface area contributed by atoms with Gasteiger partial charge in [-0.05, 0) is 44.4 Å². The Balaban J connectivity index is 2.12. The van der Waals surface area contributed by atoms with E-state index in [0.29, 0.717) is 23.8 Å². The highest BCUT2D eigenvalue weighted by molar-refractivity contribution is 5.87. The molecule has 0 radical (unpaired) electrons. The lowest BCUT2D eigenvalue weighted by molar-refractivity contribution is -0.167. The number of carbonyl (C=O) groups is 2. The number of carbonyl (C=O) groups excluding carboxylic acids is 1. The van der Waals surface area contributed by atoms with Gasteiger partial charge in [0, 0.05) is 12.0 Å². The highest BCUT2D eigenvalue weighted by Gasteiger charge is 2.45.